The van der Waals surface area contributed by atoms with E-state index >= 15 is 0 Å². The fourth-order valence-electron chi connectivity index (χ4n) is 5.80. The summed E-state index contributed by atoms with van der Waals surface area (Å²) >= 11 is 0. The molecule has 0 amide bonds. The largest absolute Gasteiger partial charge is 0.322 e. The van der Waals surface area contributed by atoms with Crippen LogP contribution < -0.4 is 0 Å². The molecule has 0 fully saturated rings. The zero-order chi connectivity index (χ0) is 24.0. The molecule has 0 unspecified atom stereocenters. The van der Waals surface area contributed by atoms with Crippen molar-refractivity contribution in [3.05, 3.63) is 94.5 Å². The van der Waals surface area contributed by atoms with E-state index in [9.17, 15) is 4.79 Å². The van der Waals surface area contributed by atoms with Gasteiger partial charge in [0.2, 0.25) is 5.70 Å². The van der Waals surface area contributed by atoms with Crippen molar-refractivity contribution in [1.82, 2.24) is 14.5 Å². The zero-order valence-corrected chi connectivity index (χ0v) is 20.2. The Bertz CT molecular complexity index is 1310. The van der Waals surface area contributed by atoms with Crippen LogP contribution in [-0.2, 0) is 23.2 Å². The van der Waals surface area contributed by atoms with E-state index in [2.05, 4.69) is 59.4 Å². The molecule has 2 heterocycles. The molecular formula is C29H30N4O. The molecule has 5 nitrogen and oxygen atoms in total. The average Bonchev–Trinajstić information content (AvgIpc) is 3.21. The van der Waals surface area contributed by atoms with E-state index in [0.717, 1.165) is 35.6 Å². The molecule has 0 radical (unpaired) electrons. The predicted octanol–water partition coefficient (Wildman–Crippen LogP) is 5.96. The number of Topliss-reactive ketones (excluding diaryl/α,β-unsaturated/α-hetero) is 1. The number of pyridine rings is 1. The van der Waals surface area contributed by atoms with Crippen LogP contribution in [0.25, 0.3) is 16.2 Å². The highest BCUT2D eigenvalue weighted by atomic mass is 16.1. The number of carbonyl (C=O) groups is 1. The van der Waals surface area contributed by atoms with Gasteiger partial charge < -0.3 is 9.36 Å². The SMILES string of the molecule is [C-]#[N+]C1=C[C@@]2(C)c3nc(-c4ccc(C(C)C)cc4)n(Cc4ccccn4)c3CC[C@@H]2[C@@H](C)C1=O. The Morgan fingerprint density at radius 1 is 1.21 bits per heavy atom. The summed E-state index contributed by atoms with van der Waals surface area (Å²) in [7, 11) is 0. The van der Waals surface area contributed by atoms with Crippen molar-refractivity contribution in [2.24, 2.45) is 11.8 Å². The van der Waals surface area contributed by atoms with Crippen LogP contribution in [0.4, 0.5) is 0 Å². The standard InChI is InChI=1S/C29H30N4O/c1-18(2)20-9-11-21(12-10-20)28-32-27-25(33(28)17-22-8-6-7-15-31-22)14-13-23-19(3)26(34)24(30-5)16-29(23,27)4/h6-12,15-16,18-19,23H,13-14,17H2,1-4H3/t19-,23-,29-/m1/s1. The van der Waals surface area contributed by atoms with Gasteiger partial charge in [0, 0.05) is 28.8 Å². The zero-order valence-electron chi connectivity index (χ0n) is 20.2. The van der Waals surface area contributed by atoms with Gasteiger partial charge in [0.25, 0.3) is 0 Å². The molecule has 0 bridgehead atoms. The number of ketones is 1. The molecule has 2 aliphatic carbocycles. The van der Waals surface area contributed by atoms with Gasteiger partial charge in [0.1, 0.15) is 5.82 Å². The number of carbonyl (C=O) groups excluding carboxylic acids is 1. The molecular weight excluding hydrogens is 420 g/mol. The van der Waals surface area contributed by atoms with Crippen LogP contribution in [-0.4, -0.2) is 20.3 Å². The summed E-state index contributed by atoms with van der Waals surface area (Å²) in [4.78, 5) is 26.2. The van der Waals surface area contributed by atoms with Gasteiger partial charge in [-0.15, -0.1) is 0 Å². The van der Waals surface area contributed by atoms with Crippen LogP contribution in [0, 0.1) is 18.4 Å². The summed E-state index contributed by atoms with van der Waals surface area (Å²) in [6.45, 7) is 16.8. The third kappa shape index (κ3) is 3.49. The fraction of sp³-hybridized carbons (Fsp3) is 0.379. The third-order valence-corrected chi connectivity index (χ3v) is 7.75. The van der Waals surface area contributed by atoms with Crippen LogP contribution in [0.1, 0.15) is 62.7 Å². The van der Waals surface area contributed by atoms with Gasteiger partial charge in [-0.2, -0.15) is 0 Å². The smallest absolute Gasteiger partial charge is 0.226 e. The minimum atomic E-state index is -0.442. The molecule has 3 atom stereocenters. The Morgan fingerprint density at radius 2 is 1.97 bits per heavy atom. The Hall–Kier alpha value is -3.52. The van der Waals surface area contributed by atoms with E-state index in [1.54, 1.807) is 0 Å². The van der Waals surface area contributed by atoms with Gasteiger partial charge >= 0.3 is 0 Å². The molecule has 172 valence electrons. The van der Waals surface area contributed by atoms with Gasteiger partial charge in [-0.25, -0.2) is 9.83 Å². The van der Waals surface area contributed by atoms with Gasteiger partial charge in [-0.05, 0) is 42.4 Å². The monoisotopic (exact) mass is 450 g/mol. The number of nitrogens with zero attached hydrogens (tertiary/aromatic N) is 4. The minimum Gasteiger partial charge on any atom is -0.322 e. The second kappa shape index (κ2) is 8.36. The molecule has 34 heavy (non-hydrogen) atoms. The van der Waals surface area contributed by atoms with Crippen molar-refractivity contribution < 1.29 is 4.79 Å². The molecule has 1 aromatic carbocycles. The third-order valence-electron chi connectivity index (χ3n) is 7.75. The number of imidazole rings is 1. The quantitative estimate of drug-likeness (QED) is 0.461. The van der Waals surface area contributed by atoms with Crippen molar-refractivity contribution in [3.63, 3.8) is 0 Å². The molecule has 2 aliphatic rings. The van der Waals surface area contributed by atoms with Crippen LogP contribution in [0.5, 0.6) is 0 Å². The highest BCUT2D eigenvalue weighted by molar-refractivity contribution is 6.00. The molecule has 0 saturated heterocycles. The first-order valence-electron chi connectivity index (χ1n) is 12.1. The summed E-state index contributed by atoms with van der Waals surface area (Å²) in [5, 5.41) is 0. The Kier molecular flexibility index (Phi) is 5.48. The summed E-state index contributed by atoms with van der Waals surface area (Å²) in [5.41, 5.74) is 5.36. The highest BCUT2D eigenvalue weighted by Crippen LogP contribution is 2.50. The number of hydrogen-bond donors (Lipinski definition) is 0. The van der Waals surface area contributed by atoms with Gasteiger partial charge in [0.15, 0.2) is 5.78 Å². The predicted molar refractivity (Wildman–Crippen MR) is 133 cm³/mol. The number of aromatic nitrogens is 3. The molecule has 5 rings (SSSR count). The first kappa shape index (κ1) is 22.3. The number of hydrogen-bond acceptors (Lipinski definition) is 3. The van der Waals surface area contributed by atoms with Crippen molar-refractivity contribution in [3.8, 4) is 11.4 Å². The normalized spacial score (nSPS) is 23.8. The first-order chi connectivity index (χ1) is 16.3. The maximum absolute atomic E-state index is 12.8. The van der Waals surface area contributed by atoms with Crippen LogP contribution in [0.2, 0.25) is 0 Å². The number of rotatable bonds is 4. The Labute approximate surface area is 201 Å². The molecule has 2 aromatic heterocycles. The maximum atomic E-state index is 12.8. The molecule has 0 N–H and O–H groups in total. The molecule has 0 saturated carbocycles. The van der Waals surface area contributed by atoms with Crippen LogP contribution in [0.3, 0.4) is 0 Å². The van der Waals surface area contributed by atoms with Gasteiger partial charge in [-0.3, -0.25) is 4.98 Å². The number of benzene rings is 1. The lowest BCUT2D eigenvalue weighted by Crippen LogP contribution is -2.45. The summed E-state index contributed by atoms with van der Waals surface area (Å²) in [6.07, 6.45) is 5.48. The second-order valence-corrected chi connectivity index (χ2v) is 10.1. The Morgan fingerprint density at radius 3 is 2.62 bits per heavy atom. The van der Waals surface area contributed by atoms with E-state index < -0.39 is 5.41 Å². The molecule has 0 aliphatic heterocycles. The topological polar surface area (TPSA) is 52.1 Å². The summed E-state index contributed by atoms with van der Waals surface area (Å²) < 4.78 is 2.30. The van der Waals surface area contributed by atoms with Gasteiger partial charge in [-0.1, -0.05) is 64.1 Å². The fourth-order valence-corrected chi connectivity index (χ4v) is 5.80. The number of fused-ring (bicyclic) bond motifs is 3. The van der Waals surface area contributed by atoms with E-state index in [0.29, 0.717) is 12.5 Å². The lowest BCUT2D eigenvalue weighted by Gasteiger charge is -2.44. The van der Waals surface area contributed by atoms with E-state index in [1.807, 2.05) is 37.4 Å². The first-order valence-corrected chi connectivity index (χ1v) is 12.1. The van der Waals surface area contributed by atoms with E-state index in [-0.39, 0.29) is 23.3 Å². The summed E-state index contributed by atoms with van der Waals surface area (Å²) in [5.74, 6) is 1.33. The van der Waals surface area contributed by atoms with Gasteiger partial charge in [0.05, 0.1) is 24.5 Å². The van der Waals surface area contributed by atoms with Crippen molar-refractivity contribution in [1.29, 1.82) is 0 Å². The molecule has 0 spiro atoms. The van der Waals surface area contributed by atoms with Crippen molar-refractivity contribution >= 4 is 5.78 Å². The Balaban J connectivity index is 1.70. The summed E-state index contributed by atoms with van der Waals surface area (Å²) in [6, 6.07) is 14.7. The minimum absolute atomic E-state index is 0.0293. The maximum Gasteiger partial charge on any atom is 0.226 e. The van der Waals surface area contributed by atoms with Crippen LogP contribution in [0.15, 0.2) is 60.4 Å². The molecule has 5 heteroatoms. The second-order valence-electron chi connectivity index (χ2n) is 10.1. The lowest BCUT2D eigenvalue weighted by atomic mass is 9.59. The van der Waals surface area contributed by atoms with Crippen molar-refractivity contribution in [2.45, 2.75) is 58.4 Å². The van der Waals surface area contributed by atoms with E-state index in [1.165, 1.54) is 11.3 Å². The van der Waals surface area contributed by atoms with Crippen LogP contribution >= 0.6 is 0 Å². The molecule has 3 aromatic rings. The highest BCUT2D eigenvalue weighted by Gasteiger charge is 2.50. The lowest BCUT2D eigenvalue weighted by molar-refractivity contribution is -0.121. The van der Waals surface area contributed by atoms with Crippen molar-refractivity contribution in [2.75, 3.05) is 0 Å². The number of allylic oxidation sites excluding steroid dienone is 2. The van der Waals surface area contributed by atoms with E-state index in [4.69, 9.17) is 11.6 Å². The average molecular weight is 451 g/mol.